The van der Waals surface area contributed by atoms with Crippen molar-refractivity contribution >= 4 is 16.4 Å². The van der Waals surface area contributed by atoms with Crippen molar-refractivity contribution in [3.05, 3.63) is 17.7 Å². The van der Waals surface area contributed by atoms with Gasteiger partial charge in [0.05, 0.1) is 12.1 Å². The van der Waals surface area contributed by atoms with Gasteiger partial charge < -0.3 is 9.47 Å². The zero-order chi connectivity index (χ0) is 12.3. The van der Waals surface area contributed by atoms with Gasteiger partial charge in [0, 0.05) is 24.5 Å². The Bertz CT molecular complexity index is 414. The molecule has 0 N–H and O–H groups in total. The fraction of sp³-hybridized carbons (Fsp3) is 0.538. The van der Waals surface area contributed by atoms with Crippen LogP contribution in [-0.2, 0) is 4.74 Å². The minimum atomic E-state index is -0.0644. The highest BCUT2D eigenvalue weighted by atomic mass is 32.2. The predicted octanol–water partition coefficient (Wildman–Crippen LogP) is 2.64. The second-order valence-electron chi connectivity index (χ2n) is 4.22. The number of aromatic nitrogens is 1. The number of aryl methyl sites for hydroxylation is 1. The van der Waals surface area contributed by atoms with Crippen molar-refractivity contribution in [2.75, 3.05) is 20.3 Å². The summed E-state index contributed by atoms with van der Waals surface area (Å²) in [5, 5.41) is 1.69. The van der Waals surface area contributed by atoms with Crippen LogP contribution < -0.4 is 4.74 Å². The van der Waals surface area contributed by atoms with E-state index in [2.05, 4.69) is 23.8 Å². The number of methoxy groups -OCH3 is 1. The van der Waals surface area contributed by atoms with E-state index in [1.807, 2.05) is 6.07 Å². The van der Waals surface area contributed by atoms with Crippen LogP contribution in [0, 0.1) is 6.92 Å². The molecule has 0 aliphatic carbocycles. The minimum absolute atomic E-state index is 0.0644. The van der Waals surface area contributed by atoms with Crippen LogP contribution >= 0.6 is 10.5 Å². The van der Waals surface area contributed by atoms with E-state index in [1.54, 1.807) is 7.11 Å². The maximum atomic E-state index is 5.39. The number of hydrogen-bond acceptors (Lipinski definition) is 3. The Morgan fingerprint density at radius 2 is 2.12 bits per heavy atom. The molecule has 2 rings (SSSR count). The highest BCUT2D eigenvalue weighted by Crippen LogP contribution is 2.36. The Balaban J connectivity index is 2.22. The third kappa shape index (κ3) is 2.87. The van der Waals surface area contributed by atoms with Gasteiger partial charge in [0.25, 0.3) is 0 Å². The van der Waals surface area contributed by atoms with Gasteiger partial charge in [-0.3, -0.25) is 0 Å². The summed E-state index contributed by atoms with van der Waals surface area (Å²) in [7, 11) is 1.59. The van der Waals surface area contributed by atoms with Crippen molar-refractivity contribution in [1.29, 1.82) is 0 Å². The number of ether oxygens (including phenoxy) is 2. The first kappa shape index (κ1) is 12.6. The number of nitrogens with zero attached hydrogens (tertiary/aromatic N) is 1. The van der Waals surface area contributed by atoms with Gasteiger partial charge in [0.15, 0.2) is 0 Å². The molecule has 1 aromatic rings. The SMILES string of the molecule is C=S(c1nc(OC)ccc1C)C1CCOCC1. The Morgan fingerprint density at radius 1 is 1.41 bits per heavy atom. The van der Waals surface area contributed by atoms with E-state index in [9.17, 15) is 0 Å². The molecule has 4 heteroatoms. The summed E-state index contributed by atoms with van der Waals surface area (Å²) in [6.45, 7) is 3.80. The normalized spacial score (nSPS) is 18.9. The van der Waals surface area contributed by atoms with Gasteiger partial charge in [0.1, 0.15) is 0 Å². The maximum Gasteiger partial charge on any atom is 0.213 e. The van der Waals surface area contributed by atoms with Gasteiger partial charge in [-0.1, -0.05) is 11.9 Å². The summed E-state index contributed by atoms with van der Waals surface area (Å²) >= 11 is 0. The molecule has 17 heavy (non-hydrogen) atoms. The first-order valence-corrected chi connectivity index (χ1v) is 7.30. The molecule has 2 heterocycles. The molecule has 0 radical (unpaired) electrons. The molecule has 0 spiro atoms. The quantitative estimate of drug-likeness (QED) is 0.776. The summed E-state index contributed by atoms with van der Waals surface area (Å²) in [6, 6.07) is 3.96. The molecule has 1 atom stereocenters. The second kappa shape index (κ2) is 5.65. The molecule has 1 aromatic heterocycles. The Kier molecular flexibility index (Phi) is 4.18. The molecule has 1 aliphatic rings. The van der Waals surface area contributed by atoms with Crippen molar-refractivity contribution in [1.82, 2.24) is 4.98 Å². The lowest BCUT2D eigenvalue weighted by atomic mass is 10.2. The van der Waals surface area contributed by atoms with E-state index in [4.69, 9.17) is 9.47 Å². The van der Waals surface area contributed by atoms with Gasteiger partial charge in [-0.25, -0.2) is 4.98 Å². The van der Waals surface area contributed by atoms with Crippen LogP contribution in [0.4, 0.5) is 0 Å². The van der Waals surface area contributed by atoms with E-state index in [0.717, 1.165) is 31.1 Å². The molecular weight excluding hydrogens is 234 g/mol. The van der Waals surface area contributed by atoms with Crippen molar-refractivity contribution in [3.63, 3.8) is 0 Å². The van der Waals surface area contributed by atoms with Gasteiger partial charge in [-0.05, 0) is 25.3 Å². The van der Waals surface area contributed by atoms with Crippen LogP contribution in [-0.4, -0.2) is 36.4 Å². The first-order chi connectivity index (χ1) is 8.22. The molecule has 94 valence electrons. The highest BCUT2D eigenvalue weighted by molar-refractivity contribution is 8.14. The van der Waals surface area contributed by atoms with Crippen molar-refractivity contribution in [3.8, 4) is 5.88 Å². The second-order valence-corrected chi connectivity index (χ2v) is 6.13. The van der Waals surface area contributed by atoms with Crippen LogP contribution in [0.2, 0.25) is 0 Å². The zero-order valence-corrected chi connectivity index (χ0v) is 11.3. The lowest BCUT2D eigenvalue weighted by molar-refractivity contribution is 0.0999. The minimum Gasteiger partial charge on any atom is -0.481 e. The van der Waals surface area contributed by atoms with Gasteiger partial charge in [-0.2, -0.15) is 0 Å². The lowest BCUT2D eigenvalue weighted by Gasteiger charge is -2.25. The lowest BCUT2D eigenvalue weighted by Crippen LogP contribution is -2.19. The molecule has 1 aliphatic heterocycles. The number of pyridine rings is 1. The molecule has 0 amide bonds. The smallest absolute Gasteiger partial charge is 0.213 e. The molecule has 0 bridgehead atoms. The molecule has 3 nitrogen and oxygen atoms in total. The molecule has 1 fully saturated rings. The first-order valence-electron chi connectivity index (χ1n) is 5.84. The van der Waals surface area contributed by atoms with Gasteiger partial charge in [-0.15, -0.1) is 10.5 Å². The highest BCUT2D eigenvalue weighted by Gasteiger charge is 2.19. The van der Waals surface area contributed by atoms with Crippen LogP contribution in [0.3, 0.4) is 0 Å². The predicted molar refractivity (Wildman–Crippen MR) is 72.3 cm³/mol. The van der Waals surface area contributed by atoms with Crippen molar-refractivity contribution < 1.29 is 9.47 Å². The van der Waals surface area contributed by atoms with Crippen LogP contribution in [0.25, 0.3) is 0 Å². The average Bonchev–Trinajstić information content (AvgIpc) is 2.39. The van der Waals surface area contributed by atoms with E-state index in [1.165, 1.54) is 5.56 Å². The van der Waals surface area contributed by atoms with Gasteiger partial charge >= 0.3 is 0 Å². The van der Waals surface area contributed by atoms with E-state index < -0.39 is 0 Å². The molecular formula is C13H19NO2S. The average molecular weight is 253 g/mol. The zero-order valence-electron chi connectivity index (χ0n) is 10.4. The summed E-state index contributed by atoms with van der Waals surface area (Å²) in [5.74, 6) is 5.00. The maximum absolute atomic E-state index is 5.39. The van der Waals surface area contributed by atoms with Crippen LogP contribution in [0.15, 0.2) is 17.2 Å². The fourth-order valence-corrected chi connectivity index (χ4v) is 3.76. The van der Waals surface area contributed by atoms with Crippen LogP contribution in [0.5, 0.6) is 5.88 Å². The monoisotopic (exact) mass is 253 g/mol. The number of rotatable bonds is 3. The molecule has 0 saturated carbocycles. The third-order valence-corrected chi connectivity index (χ3v) is 5.24. The largest absolute Gasteiger partial charge is 0.481 e. The fourth-order valence-electron chi connectivity index (χ4n) is 1.99. The summed E-state index contributed by atoms with van der Waals surface area (Å²) in [4.78, 5) is 4.55. The Labute approximate surface area is 105 Å². The standard InChI is InChI=1S/C13H19NO2S/c1-10-4-5-12(15-2)14-13(10)17(3)11-6-8-16-9-7-11/h4-5,11H,3,6-9H2,1-2H3. The Morgan fingerprint density at radius 3 is 2.76 bits per heavy atom. The molecule has 0 aromatic carbocycles. The Hall–Kier alpha value is -0.870. The summed E-state index contributed by atoms with van der Waals surface area (Å²) in [5.41, 5.74) is 1.20. The van der Waals surface area contributed by atoms with E-state index >= 15 is 0 Å². The van der Waals surface area contributed by atoms with Crippen molar-refractivity contribution in [2.24, 2.45) is 0 Å². The van der Waals surface area contributed by atoms with Gasteiger partial charge in [0.2, 0.25) is 5.88 Å². The third-order valence-electron chi connectivity index (χ3n) is 3.05. The van der Waals surface area contributed by atoms with E-state index in [-0.39, 0.29) is 10.5 Å². The van der Waals surface area contributed by atoms with Crippen molar-refractivity contribution in [2.45, 2.75) is 30.0 Å². The van der Waals surface area contributed by atoms with E-state index in [0.29, 0.717) is 11.1 Å². The number of hydrogen-bond donors (Lipinski definition) is 0. The van der Waals surface area contributed by atoms with Crippen LogP contribution in [0.1, 0.15) is 18.4 Å². The molecule has 1 unspecified atom stereocenters. The topological polar surface area (TPSA) is 31.4 Å². The molecule has 1 saturated heterocycles. The summed E-state index contributed by atoms with van der Waals surface area (Å²) < 4.78 is 10.6. The summed E-state index contributed by atoms with van der Waals surface area (Å²) in [6.07, 6.45) is 2.18.